The Morgan fingerprint density at radius 1 is 1.28 bits per heavy atom. The van der Waals surface area contributed by atoms with Crippen LogP contribution in [0.3, 0.4) is 0 Å². The average Bonchev–Trinajstić information content (AvgIpc) is 2.64. The Bertz CT molecular complexity index is 1060. The molecule has 9 heteroatoms. The molecule has 0 saturated heterocycles. The Morgan fingerprint density at radius 2 is 2.07 bits per heavy atom. The van der Waals surface area contributed by atoms with E-state index >= 15 is 0 Å². The molecule has 0 bridgehead atoms. The maximum Gasteiger partial charge on any atom is 0.408 e. The van der Waals surface area contributed by atoms with E-state index in [-0.39, 0.29) is 17.9 Å². The number of alkyl carbamates (subject to hydrolysis) is 1. The number of ether oxygens (including phenoxy) is 1. The van der Waals surface area contributed by atoms with E-state index < -0.39 is 17.7 Å². The fourth-order valence-corrected chi connectivity index (χ4v) is 2.94. The smallest absolute Gasteiger partial charge is 0.408 e. The normalized spacial score (nSPS) is 12.4. The van der Waals surface area contributed by atoms with Crippen molar-refractivity contribution in [3.05, 3.63) is 63.9 Å². The van der Waals surface area contributed by atoms with E-state index in [4.69, 9.17) is 16.3 Å². The second-order valence-electron chi connectivity index (χ2n) is 7.41. The molecule has 2 aromatic heterocycles. The molecule has 3 aromatic rings. The van der Waals surface area contributed by atoms with Crippen molar-refractivity contribution in [3.63, 3.8) is 0 Å². The van der Waals surface area contributed by atoms with Gasteiger partial charge in [-0.1, -0.05) is 17.7 Å². The number of carbonyl (C=O) groups excluding carboxylic acids is 1. The van der Waals surface area contributed by atoms with Gasteiger partial charge in [0.15, 0.2) is 0 Å². The van der Waals surface area contributed by atoms with Crippen molar-refractivity contribution < 1.29 is 9.53 Å². The first-order valence-electron chi connectivity index (χ1n) is 9.05. The number of benzene rings is 1. The third-order valence-corrected chi connectivity index (χ3v) is 4.21. The molecule has 1 unspecified atom stereocenters. The third kappa shape index (κ3) is 5.45. The van der Waals surface area contributed by atoms with Crippen molar-refractivity contribution in [2.24, 2.45) is 0 Å². The number of nitrogens with one attached hydrogen (secondary N) is 3. The van der Waals surface area contributed by atoms with E-state index in [2.05, 4.69) is 25.6 Å². The van der Waals surface area contributed by atoms with E-state index in [1.54, 1.807) is 57.4 Å². The molecule has 8 nitrogen and oxygen atoms in total. The van der Waals surface area contributed by atoms with Gasteiger partial charge in [0, 0.05) is 18.9 Å². The molecule has 0 aliphatic heterocycles. The van der Waals surface area contributed by atoms with Crippen LogP contribution < -0.4 is 16.2 Å². The second kappa shape index (κ2) is 8.48. The lowest BCUT2D eigenvalue weighted by molar-refractivity contribution is 0.0504. The van der Waals surface area contributed by atoms with Crippen molar-refractivity contribution in [2.75, 3.05) is 11.9 Å². The summed E-state index contributed by atoms with van der Waals surface area (Å²) in [7, 11) is 0. The Balaban J connectivity index is 1.92. The van der Waals surface area contributed by atoms with Gasteiger partial charge in [-0.05, 0) is 45.0 Å². The second-order valence-corrected chi connectivity index (χ2v) is 7.81. The number of rotatable bonds is 5. The Hall–Kier alpha value is -3.13. The number of halogens is 1. The molecule has 1 amide bonds. The number of hydrogen-bond acceptors (Lipinski definition) is 6. The molecule has 0 aliphatic rings. The van der Waals surface area contributed by atoms with E-state index in [0.29, 0.717) is 15.9 Å². The number of H-pyrrole nitrogens is 1. The van der Waals surface area contributed by atoms with Crippen molar-refractivity contribution in [2.45, 2.75) is 32.4 Å². The van der Waals surface area contributed by atoms with Crippen LogP contribution in [0.4, 0.5) is 10.5 Å². The highest BCUT2D eigenvalue weighted by Crippen LogP contribution is 2.20. The van der Waals surface area contributed by atoms with Crippen molar-refractivity contribution in [1.29, 1.82) is 0 Å². The summed E-state index contributed by atoms with van der Waals surface area (Å²) in [6.45, 7) is 5.56. The maximum atomic E-state index is 12.6. The van der Waals surface area contributed by atoms with Crippen LogP contribution in [0.5, 0.6) is 0 Å². The molecule has 0 fully saturated rings. The number of carbonyl (C=O) groups is 1. The highest BCUT2D eigenvalue weighted by atomic mass is 35.5. The van der Waals surface area contributed by atoms with Crippen molar-refractivity contribution >= 4 is 34.3 Å². The van der Waals surface area contributed by atoms with Gasteiger partial charge in [0.1, 0.15) is 17.5 Å². The molecular weight excluding hydrogens is 394 g/mol. The highest BCUT2D eigenvalue weighted by Gasteiger charge is 2.23. The minimum absolute atomic E-state index is 0.250. The summed E-state index contributed by atoms with van der Waals surface area (Å²) < 4.78 is 5.35. The average molecular weight is 416 g/mol. The third-order valence-electron chi connectivity index (χ3n) is 3.89. The fraction of sp³-hybridized carbons (Fsp3) is 0.300. The van der Waals surface area contributed by atoms with Crippen LogP contribution in [0.1, 0.15) is 32.6 Å². The number of pyridine rings is 1. The lowest BCUT2D eigenvalue weighted by atomic mass is 10.2. The van der Waals surface area contributed by atoms with Gasteiger partial charge in [-0.15, -0.1) is 0 Å². The van der Waals surface area contributed by atoms with Crippen molar-refractivity contribution in [1.82, 2.24) is 20.3 Å². The van der Waals surface area contributed by atoms with Crippen LogP contribution in [-0.4, -0.2) is 33.2 Å². The molecule has 0 radical (unpaired) electrons. The van der Waals surface area contributed by atoms with E-state index in [0.717, 1.165) is 5.69 Å². The van der Waals surface area contributed by atoms with Gasteiger partial charge in [-0.3, -0.25) is 9.78 Å². The van der Waals surface area contributed by atoms with Gasteiger partial charge < -0.3 is 20.4 Å². The van der Waals surface area contributed by atoms with E-state index in [9.17, 15) is 9.59 Å². The first-order chi connectivity index (χ1) is 13.7. The number of nitrogens with zero attached hydrogens (tertiary/aromatic N) is 2. The van der Waals surface area contributed by atoms with Crippen LogP contribution in [0.25, 0.3) is 10.9 Å². The molecular formula is C20H22ClN5O3. The summed E-state index contributed by atoms with van der Waals surface area (Å²) in [6.07, 6.45) is 2.69. The molecule has 152 valence electrons. The fourth-order valence-electron chi connectivity index (χ4n) is 2.69. The van der Waals surface area contributed by atoms with Crippen LogP contribution in [0, 0.1) is 0 Å². The molecule has 0 saturated carbocycles. The number of amides is 1. The van der Waals surface area contributed by atoms with Crippen LogP contribution in [0.2, 0.25) is 5.02 Å². The molecule has 0 aliphatic carbocycles. The maximum absolute atomic E-state index is 12.6. The zero-order valence-electron chi connectivity index (χ0n) is 16.3. The summed E-state index contributed by atoms with van der Waals surface area (Å²) in [5.41, 5.74) is 0.152. The van der Waals surface area contributed by atoms with Crippen molar-refractivity contribution in [3.8, 4) is 0 Å². The first kappa shape index (κ1) is 20.6. The minimum Gasteiger partial charge on any atom is -0.444 e. The standard InChI is InChI=1S/C20H22ClN5O3/c1-20(2,3)29-19(28)25-15(11-23-12-6-5-9-22-10-12)17-24-14-8-4-7-13(21)16(14)18(27)26-17/h4-10,15,23H,11H2,1-3H3,(H,25,28)(H,24,26,27). The van der Waals surface area contributed by atoms with E-state index in [1.165, 1.54) is 0 Å². The zero-order chi connectivity index (χ0) is 21.0. The quantitative estimate of drug-likeness (QED) is 0.586. The van der Waals surface area contributed by atoms with Gasteiger partial charge in [0.25, 0.3) is 5.56 Å². The molecule has 2 heterocycles. The van der Waals surface area contributed by atoms with Gasteiger partial charge in [0.05, 0.1) is 21.6 Å². The summed E-state index contributed by atoms with van der Waals surface area (Å²) in [5.74, 6) is 0.284. The topological polar surface area (TPSA) is 109 Å². The lowest BCUT2D eigenvalue weighted by Gasteiger charge is -2.24. The Kier molecular flexibility index (Phi) is 6.03. The summed E-state index contributed by atoms with van der Waals surface area (Å²) >= 11 is 6.12. The predicted molar refractivity (Wildman–Crippen MR) is 112 cm³/mol. The van der Waals surface area contributed by atoms with Gasteiger partial charge >= 0.3 is 6.09 Å². The van der Waals surface area contributed by atoms with Gasteiger partial charge in [-0.25, -0.2) is 9.78 Å². The first-order valence-corrected chi connectivity index (χ1v) is 9.42. The zero-order valence-corrected chi connectivity index (χ0v) is 17.1. The summed E-state index contributed by atoms with van der Waals surface area (Å²) in [4.78, 5) is 36.2. The summed E-state index contributed by atoms with van der Waals surface area (Å²) in [5, 5.41) is 6.54. The Labute approximate surface area is 172 Å². The summed E-state index contributed by atoms with van der Waals surface area (Å²) in [6, 6.07) is 8.00. The van der Waals surface area contributed by atoms with Crippen LogP contribution in [0.15, 0.2) is 47.5 Å². The molecule has 3 rings (SSSR count). The number of aromatic nitrogens is 3. The Morgan fingerprint density at radius 3 is 2.76 bits per heavy atom. The number of anilines is 1. The number of fused-ring (bicyclic) bond motifs is 1. The molecule has 1 aromatic carbocycles. The lowest BCUT2D eigenvalue weighted by Crippen LogP contribution is -2.39. The highest BCUT2D eigenvalue weighted by molar-refractivity contribution is 6.35. The minimum atomic E-state index is -0.666. The van der Waals surface area contributed by atoms with Crippen LogP contribution in [-0.2, 0) is 4.74 Å². The molecule has 3 N–H and O–H groups in total. The molecule has 29 heavy (non-hydrogen) atoms. The SMILES string of the molecule is CC(C)(C)OC(=O)NC(CNc1cccnc1)c1nc2cccc(Cl)c2c(=O)[nH]1. The predicted octanol–water partition coefficient (Wildman–Crippen LogP) is 3.65. The number of aromatic amines is 1. The van der Waals surface area contributed by atoms with Gasteiger partial charge in [-0.2, -0.15) is 0 Å². The van der Waals surface area contributed by atoms with Gasteiger partial charge in [0.2, 0.25) is 0 Å². The largest absolute Gasteiger partial charge is 0.444 e. The number of hydrogen-bond donors (Lipinski definition) is 3. The monoisotopic (exact) mass is 415 g/mol. The van der Waals surface area contributed by atoms with E-state index in [1.807, 2.05) is 6.07 Å². The molecule has 0 spiro atoms. The molecule has 1 atom stereocenters. The van der Waals surface area contributed by atoms with Crippen LogP contribution >= 0.6 is 11.6 Å².